The molecule has 130 valence electrons. The SMILES string of the molecule is CCC(CC)NC(=O)CCc1nc(-c2ccc(C(C)C)cc2)no1. The van der Waals surface area contributed by atoms with E-state index in [1.54, 1.807) is 0 Å². The van der Waals surface area contributed by atoms with Gasteiger partial charge in [-0.25, -0.2) is 0 Å². The van der Waals surface area contributed by atoms with Crippen molar-refractivity contribution < 1.29 is 9.32 Å². The van der Waals surface area contributed by atoms with Crippen LogP contribution in [0.25, 0.3) is 11.4 Å². The molecule has 0 bridgehead atoms. The summed E-state index contributed by atoms with van der Waals surface area (Å²) in [6.07, 6.45) is 2.71. The highest BCUT2D eigenvalue weighted by molar-refractivity contribution is 5.76. The average Bonchev–Trinajstić information content (AvgIpc) is 3.07. The van der Waals surface area contributed by atoms with Gasteiger partial charge in [0, 0.05) is 24.4 Å². The van der Waals surface area contributed by atoms with Crippen LogP contribution >= 0.6 is 0 Å². The second-order valence-corrected chi connectivity index (χ2v) is 6.37. The molecule has 1 aromatic carbocycles. The Morgan fingerprint density at radius 1 is 1.17 bits per heavy atom. The molecule has 2 aromatic rings. The minimum absolute atomic E-state index is 0.0322. The van der Waals surface area contributed by atoms with Gasteiger partial charge in [0.05, 0.1) is 0 Å². The molecule has 1 amide bonds. The lowest BCUT2D eigenvalue weighted by molar-refractivity contribution is -0.121. The average molecular weight is 329 g/mol. The third kappa shape index (κ3) is 4.91. The topological polar surface area (TPSA) is 68.0 Å². The molecular formula is C19H27N3O2. The monoisotopic (exact) mass is 329 g/mol. The first kappa shape index (κ1) is 18.2. The van der Waals surface area contributed by atoms with Gasteiger partial charge >= 0.3 is 0 Å². The van der Waals surface area contributed by atoms with Crippen LogP contribution in [-0.4, -0.2) is 22.1 Å². The Hall–Kier alpha value is -2.17. The zero-order valence-corrected chi connectivity index (χ0v) is 15.0. The first-order chi connectivity index (χ1) is 11.5. The Morgan fingerprint density at radius 3 is 2.42 bits per heavy atom. The summed E-state index contributed by atoms with van der Waals surface area (Å²) in [5, 5.41) is 7.03. The van der Waals surface area contributed by atoms with Gasteiger partial charge in [-0.3, -0.25) is 4.79 Å². The van der Waals surface area contributed by atoms with E-state index < -0.39 is 0 Å². The van der Waals surface area contributed by atoms with Crippen LogP contribution in [0.5, 0.6) is 0 Å². The van der Waals surface area contributed by atoms with Crippen LogP contribution in [0.15, 0.2) is 28.8 Å². The van der Waals surface area contributed by atoms with E-state index in [1.807, 2.05) is 12.1 Å². The van der Waals surface area contributed by atoms with Crippen LogP contribution in [0.4, 0.5) is 0 Å². The number of carbonyl (C=O) groups excluding carboxylic acids is 1. The summed E-state index contributed by atoms with van der Waals surface area (Å²) in [4.78, 5) is 16.3. The number of hydrogen-bond acceptors (Lipinski definition) is 4. The van der Waals surface area contributed by atoms with Gasteiger partial charge in [-0.15, -0.1) is 0 Å². The Balaban J connectivity index is 1.92. The van der Waals surface area contributed by atoms with E-state index in [0.717, 1.165) is 18.4 Å². The zero-order chi connectivity index (χ0) is 17.5. The largest absolute Gasteiger partial charge is 0.353 e. The summed E-state index contributed by atoms with van der Waals surface area (Å²) in [5.74, 6) is 1.59. The molecule has 0 unspecified atom stereocenters. The molecule has 5 heteroatoms. The third-order valence-electron chi connectivity index (χ3n) is 4.22. The van der Waals surface area contributed by atoms with Crippen molar-refractivity contribution in [1.82, 2.24) is 15.5 Å². The molecule has 0 atom stereocenters. The fourth-order valence-corrected chi connectivity index (χ4v) is 2.50. The van der Waals surface area contributed by atoms with Crippen LogP contribution in [0.2, 0.25) is 0 Å². The van der Waals surface area contributed by atoms with Crippen LogP contribution in [0.3, 0.4) is 0 Å². The van der Waals surface area contributed by atoms with Crippen molar-refractivity contribution in [3.63, 3.8) is 0 Å². The normalized spacial score (nSPS) is 11.2. The molecule has 0 radical (unpaired) electrons. The van der Waals surface area contributed by atoms with Gasteiger partial charge in [0.25, 0.3) is 0 Å². The van der Waals surface area contributed by atoms with E-state index in [9.17, 15) is 4.79 Å². The van der Waals surface area contributed by atoms with E-state index >= 15 is 0 Å². The smallest absolute Gasteiger partial charge is 0.227 e. The summed E-state index contributed by atoms with van der Waals surface area (Å²) >= 11 is 0. The molecule has 1 heterocycles. The minimum atomic E-state index is 0.0322. The van der Waals surface area contributed by atoms with Gasteiger partial charge in [0.1, 0.15) is 0 Å². The van der Waals surface area contributed by atoms with Gasteiger partial charge in [-0.1, -0.05) is 57.1 Å². The number of rotatable bonds is 8. The van der Waals surface area contributed by atoms with Gasteiger partial charge in [-0.2, -0.15) is 4.98 Å². The quantitative estimate of drug-likeness (QED) is 0.792. The molecule has 0 aliphatic carbocycles. The highest BCUT2D eigenvalue weighted by atomic mass is 16.5. The number of carbonyl (C=O) groups is 1. The highest BCUT2D eigenvalue weighted by Crippen LogP contribution is 2.20. The number of aryl methyl sites for hydroxylation is 1. The van der Waals surface area contributed by atoms with Gasteiger partial charge in [0.2, 0.25) is 17.6 Å². The fraction of sp³-hybridized carbons (Fsp3) is 0.526. The van der Waals surface area contributed by atoms with E-state index in [-0.39, 0.29) is 11.9 Å². The van der Waals surface area contributed by atoms with Crippen molar-refractivity contribution in [3.8, 4) is 11.4 Å². The lowest BCUT2D eigenvalue weighted by atomic mass is 10.0. The molecule has 0 aliphatic rings. The van der Waals surface area contributed by atoms with Crippen LogP contribution in [0, 0.1) is 0 Å². The summed E-state index contributed by atoms with van der Waals surface area (Å²) in [6, 6.07) is 8.42. The molecule has 2 rings (SSSR count). The Morgan fingerprint density at radius 2 is 1.83 bits per heavy atom. The van der Waals surface area contributed by atoms with Crippen molar-refractivity contribution in [1.29, 1.82) is 0 Å². The van der Waals surface area contributed by atoms with E-state index in [0.29, 0.717) is 30.5 Å². The van der Waals surface area contributed by atoms with Crippen molar-refractivity contribution in [2.45, 2.75) is 65.3 Å². The first-order valence-corrected chi connectivity index (χ1v) is 8.75. The number of amides is 1. The molecular weight excluding hydrogens is 302 g/mol. The Labute approximate surface area is 143 Å². The van der Waals surface area contributed by atoms with Crippen LogP contribution in [-0.2, 0) is 11.2 Å². The zero-order valence-electron chi connectivity index (χ0n) is 15.0. The van der Waals surface area contributed by atoms with Crippen molar-refractivity contribution >= 4 is 5.91 Å². The first-order valence-electron chi connectivity index (χ1n) is 8.75. The maximum Gasteiger partial charge on any atom is 0.227 e. The predicted octanol–water partition coefficient (Wildman–Crippen LogP) is 4.10. The molecule has 1 aromatic heterocycles. The lowest BCUT2D eigenvalue weighted by Crippen LogP contribution is -2.33. The molecule has 0 saturated carbocycles. The summed E-state index contributed by atoms with van der Waals surface area (Å²) < 4.78 is 5.26. The maximum absolute atomic E-state index is 11.9. The van der Waals surface area contributed by atoms with Crippen molar-refractivity contribution in [2.75, 3.05) is 0 Å². The van der Waals surface area contributed by atoms with Gasteiger partial charge in [0.15, 0.2) is 0 Å². The van der Waals surface area contributed by atoms with Crippen LogP contribution in [0.1, 0.15) is 64.3 Å². The molecule has 1 N–H and O–H groups in total. The lowest BCUT2D eigenvalue weighted by Gasteiger charge is -2.13. The molecule has 0 aliphatic heterocycles. The van der Waals surface area contributed by atoms with Crippen molar-refractivity contribution in [3.05, 3.63) is 35.7 Å². The molecule has 0 fully saturated rings. The number of aromatic nitrogens is 2. The van der Waals surface area contributed by atoms with Gasteiger partial charge < -0.3 is 9.84 Å². The summed E-state index contributed by atoms with van der Waals surface area (Å²) in [5.41, 5.74) is 2.21. The Bertz CT molecular complexity index is 643. The number of benzene rings is 1. The second-order valence-electron chi connectivity index (χ2n) is 6.37. The fourth-order valence-electron chi connectivity index (χ4n) is 2.50. The molecule has 5 nitrogen and oxygen atoms in total. The van der Waals surface area contributed by atoms with Gasteiger partial charge in [-0.05, 0) is 24.3 Å². The maximum atomic E-state index is 11.9. The third-order valence-corrected chi connectivity index (χ3v) is 4.22. The molecule has 24 heavy (non-hydrogen) atoms. The predicted molar refractivity (Wildman–Crippen MR) is 94.7 cm³/mol. The minimum Gasteiger partial charge on any atom is -0.353 e. The molecule has 0 saturated heterocycles. The summed E-state index contributed by atoms with van der Waals surface area (Å²) in [6.45, 7) is 8.47. The number of hydrogen-bond donors (Lipinski definition) is 1. The Kier molecular flexibility index (Phi) is 6.53. The van der Waals surface area contributed by atoms with Crippen molar-refractivity contribution in [2.24, 2.45) is 0 Å². The van der Waals surface area contributed by atoms with Crippen LogP contribution < -0.4 is 5.32 Å². The number of nitrogens with zero attached hydrogens (tertiary/aromatic N) is 2. The van der Waals surface area contributed by atoms with E-state index in [2.05, 4.69) is 55.3 Å². The van der Waals surface area contributed by atoms with E-state index in [4.69, 9.17) is 4.52 Å². The molecule has 0 spiro atoms. The second kappa shape index (κ2) is 8.62. The standard InChI is InChI=1S/C19H27N3O2/c1-5-16(6-2)20-17(23)11-12-18-21-19(22-24-18)15-9-7-14(8-10-15)13(3)4/h7-10,13,16H,5-6,11-12H2,1-4H3,(H,20,23). The highest BCUT2D eigenvalue weighted by Gasteiger charge is 2.13. The summed E-state index contributed by atoms with van der Waals surface area (Å²) in [7, 11) is 0. The van der Waals surface area contributed by atoms with E-state index in [1.165, 1.54) is 5.56 Å². The number of nitrogens with one attached hydrogen (secondary N) is 1.